The number of ether oxygens (including phenoxy) is 3. The number of carbonyl (C=O) groups excluding carboxylic acids is 1. The van der Waals surface area contributed by atoms with Crippen molar-refractivity contribution in [3.8, 4) is 5.75 Å². The van der Waals surface area contributed by atoms with Gasteiger partial charge >= 0.3 is 12.3 Å². The largest absolute Gasteiger partial charge is 0.489 e. The predicted molar refractivity (Wildman–Crippen MR) is 111 cm³/mol. The van der Waals surface area contributed by atoms with Crippen molar-refractivity contribution in [2.75, 3.05) is 13.1 Å². The fourth-order valence-electron chi connectivity index (χ4n) is 3.66. The minimum absolute atomic E-state index is 0.0118. The van der Waals surface area contributed by atoms with Crippen LogP contribution in [0.15, 0.2) is 18.5 Å². The molecule has 2 fully saturated rings. The molecule has 1 aromatic rings. The fourth-order valence-corrected chi connectivity index (χ4v) is 4.13. The summed E-state index contributed by atoms with van der Waals surface area (Å²) in [6.07, 6.45) is 1.06. The van der Waals surface area contributed by atoms with Crippen molar-refractivity contribution in [3.63, 3.8) is 0 Å². The maximum absolute atomic E-state index is 12.5. The molecule has 3 rings (SSSR count). The molecule has 0 bridgehead atoms. The summed E-state index contributed by atoms with van der Waals surface area (Å²) in [5.41, 5.74) is 0. The molecule has 2 heterocycles. The summed E-state index contributed by atoms with van der Waals surface area (Å²) in [5, 5.41) is 0. The Kier molecular flexibility index (Phi) is 8.05. The molecule has 1 saturated carbocycles. The maximum Gasteiger partial charge on any atom is 0.425 e. The molecule has 2 aliphatic rings. The first-order valence-electron chi connectivity index (χ1n) is 10.2. The summed E-state index contributed by atoms with van der Waals surface area (Å²) >= 11 is 2.21. The number of alkyl halides is 3. The van der Waals surface area contributed by atoms with E-state index >= 15 is 0 Å². The second-order valence-electron chi connectivity index (χ2n) is 7.71. The number of halogens is 4. The molecule has 6 nitrogen and oxygen atoms in total. The number of pyridine rings is 1. The Morgan fingerprint density at radius 2 is 1.73 bits per heavy atom. The molecule has 1 saturated heterocycles. The van der Waals surface area contributed by atoms with E-state index in [1.807, 2.05) is 6.07 Å². The van der Waals surface area contributed by atoms with Gasteiger partial charge in [0.25, 0.3) is 0 Å². The van der Waals surface area contributed by atoms with E-state index in [1.165, 1.54) is 4.90 Å². The predicted octanol–water partition coefficient (Wildman–Crippen LogP) is 4.94. The van der Waals surface area contributed by atoms with Gasteiger partial charge in [0.1, 0.15) is 5.75 Å². The van der Waals surface area contributed by atoms with Gasteiger partial charge in [0, 0.05) is 25.5 Å². The van der Waals surface area contributed by atoms with Crippen LogP contribution in [0.4, 0.5) is 18.0 Å². The standard InChI is InChI=1S/C20H26F3IN2O4/c1-13(20(21,22)23)28-19(27)26-10-7-16(8-11-26)29-14-2-4-15(5-3-14)30-18-6-9-25-12-17(18)24/h6,9,12-16H,2-5,7-8,10-11H2,1H3. The van der Waals surface area contributed by atoms with Gasteiger partial charge in [0.05, 0.1) is 21.9 Å². The molecule has 1 atom stereocenters. The molecule has 0 radical (unpaired) electrons. The van der Waals surface area contributed by atoms with Crippen molar-refractivity contribution < 1.29 is 32.2 Å². The van der Waals surface area contributed by atoms with Crippen LogP contribution in [0.25, 0.3) is 0 Å². The zero-order valence-corrected chi connectivity index (χ0v) is 18.9. The third kappa shape index (κ3) is 6.60. The number of hydrogen-bond donors (Lipinski definition) is 0. The highest BCUT2D eigenvalue weighted by atomic mass is 127. The molecule has 1 aliphatic carbocycles. The lowest BCUT2D eigenvalue weighted by molar-refractivity contribution is -0.200. The van der Waals surface area contributed by atoms with E-state index in [9.17, 15) is 18.0 Å². The summed E-state index contributed by atoms with van der Waals surface area (Å²) in [6, 6.07) is 1.87. The van der Waals surface area contributed by atoms with Gasteiger partial charge in [-0.3, -0.25) is 4.98 Å². The first-order valence-corrected chi connectivity index (χ1v) is 11.2. The molecule has 1 aromatic heterocycles. The lowest BCUT2D eigenvalue weighted by atomic mass is 9.94. The summed E-state index contributed by atoms with van der Waals surface area (Å²) in [7, 11) is 0. The summed E-state index contributed by atoms with van der Waals surface area (Å²) in [4.78, 5) is 17.3. The fraction of sp³-hybridized carbons (Fsp3) is 0.700. The summed E-state index contributed by atoms with van der Waals surface area (Å²) in [5.74, 6) is 0.856. The Balaban J connectivity index is 1.36. The highest BCUT2D eigenvalue weighted by Gasteiger charge is 2.40. The van der Waals surface area contributed by atoms with Crippen molar-refractivity contribution in [1.82, 2.24) is 9.88 Å². The van der Waals surface area contributed by atoms with Gasteiger partial charge in [-0.25, -0.2) is 4.79 Å². The first kappa shape index (κ1) is 23.4. The molecule has 0 aromatic carbocycles. The van der Waals surface area contributed by atoms with Gasteiger partial charge in [-0.1, -0.05) is 0 Å². The van der Waals surface area contributed by atoms with E-state index < -0.39 is 18.4 Å². The monoisotopic (exact) mass is 542 g/mol. The van der Waals surface area contributed by atoms with Crippen molar-refractivity contribution in [3.05, 3.63) is 22.0 Å². The lowest BCUT2D eigenvalue weighted by Gasteiger charge is -2.36. The topological polar surface area (TPSA) is 60.9 Å². The molecule has 30 heavy (non-hydrogen) atoms. The van der Waals surface area contributed by atoms with E-state index in [1.54, 1.807) is 12.4 Å². The molecular weight excluding hydrogens is 516 g/mol. The number of likely N-dealkylation sites (tertiary alicyclic amines) is 1. The highest BCUT2D eigenvalue weighted by molar-refractivity contribution is 14.1. The first-order chi connectivity index (χ1) is 14.2. The van der Waals surface area contributed by atoms with Crippen molar-refractivity contribution in [1.29, 1.82) is 0 Å². The van der Waals surface area contributed by atoms with Gasteiger partial charge in [0.2, 0.25) is 0 Å². The summed E-state index contributed by atoms with van der Waals surface area (Å²) in [6.45, 7) is 1.52. The Morgan fingerprint density at radius 1 is 1.13 bits per heavy atom. The minimum atomic E-state index is -4.55. The van der Waals surface area contributed by atoms with Crippen LogP contribution in [0.3, 0.4) is 0 Å². The number of carbonyl (C=O) groups is 1. The maximum atomic E-state index is 12.5. The number of hydrogen-bond acceptors (Lipinski definition) is 5. The molecule has 0 N–H and O–H groups in total. The van der Waals surface area contributed by atoms with E-state index in [4.69, 9.17) is 9.47 Å². The van der Waals surface area contributed by atoms with Crippen LogP contribution < -0.4 is 4.74 Å². The normalized spacial score (nSPS) is 24.4. The van der Waals surface area contributed by atoms with Crippen molar-refractivity contribution in [2.45, 2.75) is 76.0 Å². The van der Waals surface area contributed by atoms with Crippen molar-refractivity contribution in [2.24, 2.45) is 0 Å². The van der Waals surface area contributed by atoms with E-state index in [0.717, 1.165) is 41.9 Å². The SMILES string of the molecule is CC(OC(=O)N1CCC(OC2CCC(Oc3ccncc3I)CC2)CC1)C(F)(F)F. The zero-order valence-electron chi connectivity index (χ0n) is 16.7. The third-order valence-corrected chi connectivity index (χ3v) is 6.28. The van der Waals surface area contributed by atoms with E-state index in [0.29, 0.717) is 25.9 Å². The Labute approximate surface area is 187 Å². The third-order valence-electron chi connectivity index (χ3n) is 5.47. The van der Waals surface area contributed by atoms with Crippen LogP contribution in [0, 0.1) is 3.57 Å². The second-order valence-corrected chi connectivity index (χ2v) is 8.87. The average molecular weight is 542 g/mol. The number of piperidine rings is 1. The highest BCUT2D eigenvalue weighted by Crippen LogP contribution is 2.30. The number of aromatic nitrogens is 1. The lowest BCUT2D eigenvalue weighted by Crippen LogP contribution is -2.44. The number of amides is 1. The van der Waals surface area contributed by atoms with Crippen LogP contribution >= 0.6 is 22.6 Å². The Hall–Kier alpha value is -1.30. The quantitative estimate of drug-likeness (QED) is 0.494. The van der Waals surface area contributed by atoms with Gasteiger partial charge in [0.15, 0.2) is 6.10 Å². The Morgan fingerprint density at radius 3 is 2.33 bits per heavy atom. The smallest absolute Gasteiger partial charge is 0.425 e. The molecule has 1 aliphatic heterocycles. The van der Waals surface area contributed by atoms with Crippen LogP contribution in [-0.4, -0.2) is 59.7 Å². The Bertz CT molecular complexity index is 706. The molecule has 1 amide bonds. The molecular formula is C20H26F3IN2O4. The van der Waals surface area contributed by atoms with E-state index in [-0.39, 0.29) is 18.3 Å². The van der Waals surface area contributed by atoms with Crippen LogP contribution in [0.2, 0.25) is 0 Å². The van der Waals surface area contributed by atoms with Gasteiger partial charge in [-0.15, -0.1) is 0 Å². The van der Waals surface area contributed by atoms with E-state index in [2.05, 4.69) is 32.3 Å². The second kappa shape index (κ2) is 10.3. The average Bonchev–Trinajstić information content (AvgIpc) is 2.71. The van der Waals surface area contributed by atoms with Gasteiger partial charge in [-0.05, 0) is 74.1 Å². The number of nitrogens with zero attached hydrogens (tertiary/aromatic N) is 2. The van der Waals surface area contributed by atoms with Crippen LogP contribution in [-0.2, 0) is 9.47 Å². The zero-order chi connectivity index (χ0) is 21.7. The van der Waals surface area contributed by atoms with Crippen LogP contribution in [0.1, 0.15) is 45.4 Å². The van der Waals surface area contributed by atoms with Crippen LogP contribution in [0.5, 0.6) is 5.75 Å². The molecule has 0 spiro atoms. The molecule has 1 unspecified atom stereocenters. The summed E-state index contributed by atoms with van der Waals surface area (Å²) < 4.78 is 55.4. The van der Waals surface area contributed by atoms with Gasteiger partial charge in [-0.2, -0.15) is 13.2 Å². The van der Waals surface area contributed by atoms with Gasteiger partial charge < -0.3 is 19.1 Å². The minimum Gasteiger partial charge on any atom is -0.489 e. The van der Waals surface area contributed by atoms with Crippen molar-refractivity contribution >= 4 is 28.7 Å². The molecule has 168 valence electrons. The molecule has 10 heteroatoms. The number of rotatable bonds is 5.